The minimum atomic E-state index is -3.70. The van der Waals surface area contributed by atoms with Crippen LogP contribution in [0.4, 0.5) is 5.69 Å². The molecular weight excluding hydrogens is 532 g/mol. The number of anilines is 1. The van der Waals surface area contributed by atoms with Crippen LogP contribution in [0, 0.1) is 0 Å². The van der Waals surface area contributed by atoms with Crippen molar-refractivity contribution in [3.8, 4) is 0 Å². The molecule has 0 saturated carbocycles. The highest BCUT2D eigenvalue weighted by Crippen LogP contribution is 2.31. The van der Waals surface area contributed by atoms with Gasteiger partial charge in [0, 0.05) is 22.3 Å². The molecule has 0 aliphatic heterocycles. The number of nitrogens with one attached hydrogen (secondary N) is 1. The lowest BCUT2D eigenvalue weighted by molar-refractivity contribution is 0.0942. The molecule has 0 fully saturated rings. The molecule has 8 heteroatoms. The lowest BCUT2D eigenvalue weighted by Crippen LogP contribution is -2.32. The van der Waals surface area contributed by atoms with Crippen molar-refractivity contribution in [2.45, 2.75) is 30.7 Å². The molecule has 0 radical (unpaired) electrons. The average Bonchev–Trinajstić information content (AvgIpc) is 3.27. The van der Waals surface area contributed by atoms with E-state index in [9.17, 15) is 13.2 Å². The Hall–Kier alpha value is -2.68. The number of rotatable bonds is 8. The third-order valence-corrected chi connectivity index (χ3v) is 9.09. The first kappa shape index (κ1) is 24.4. The van der Waals surface area contributed by atoms with Crippen LogP contribution in [0.1, 0.15) is 28.6 Å². The summed E-state index contributed by atoms with van der Waals surface area (Å²) >= 11 is 4.73. The van der Waals surface area contributed by atoms with Crippen LogP contribution >= 0.6 is 27.3 Å². The normalized spacial score (nSPS) is 12.4. The summed E-state index contributed by atoms with van der Waals surface area (Å²) in [4.78, 5) is 13.6. The van der Waals surface area contributed by atoms with E-state index in [2.05, 4.69) is 33.4 Å². The first-order valence-electron chi connectivity index (χ1n) is 10.9. The SMILES string of the molecule is C[C@H](CCc1ccccc1)NC(=O)c1cc2cc(N(C)S(=O)(=O)c3ccc(Br)cc3)ccc2s1. The second kappa shape index (κ2) is 10.3. The molecular formula is C26H25BrN2O3S2. The van der Waals surface area contributed by atoms with Gasteiger partial charge in [-0.25, -0.2) is 8.42 Å². The van der Waals surface area contributed by atoms with Crippen molar-refractivity contribution in [2.24, 2.45) is 0 Å². The van der Waals surface area contributed by atoms with Crippen molar-refractivity contribution in [2.75, 3.05) is 11.4 Å². The van der Waals surface area contributed by atoms with Crippen molar-refractivity contribution in [1.82, 2.24) is 5.32 Å². The first-order valence-corrected chi connectivity index (χ1v) is 13.9. The number of hydrogen-bond acceptors (Lipinski definition) is 4. The number of benzene rings is 3. The van der Waals surface area contributed by atoms with E-state index in [1.165, 1.54) is 28.3 Å². The molecule has 1 aromatic heterocycles. The molecule has 1 heterocycles. The number of hydrogen-bond donors (Lipinski definition) is 1. The van der Waals surface area contributed by atoms with Crippen LogP contribution < -0.4 is 9.62 Å². The number of halogens is 1. The van der Waals surface area contributed by atoms with Crippen LogP contribution in [0.3, 0.4) is 0 Å². The number of fused-ring (bicyclic) bond motifs is 1. The molecule has 1 atom stereocenters. The lowest BCUT2D eigenvalue weighted by atomic mass is 10.1. The van der Waals surface area contributed by atoms with Gasteiger partial charge in [-0.3, -0.25) is 9.10 Å². The average molecular weight is 558 g/mol. The summed E-state index contributed by atoms with van der Waals surface area (Å²) in [5.74, 6) is -0.112. The van der Waals surface area contributed by atoms with Gasteiger partial charge in [0.05, 0.1) is 15.5 Å². The quantitative estimate of drug-likeness (QED) is 0.279. The second-order valence-corrected chi connectivity index (χ2v) is 12.1. The Bertz CT molecular complexity index is 1400. The number of amides is 1. The topological polar surface area (TPSA) is 66.5 Å². The maximum absolute atomic E-state index is 13.0. The van der Waals surface area contributed by atoms with Crippen molar-refractivity contribution in [3.05, 3.63) is 93.8 Å². The molecule has 0 spiro atoms. The number of carbonyl (C=O) groups is 1. The monoisotopic (exact) mass is 556 g/mol. The fraction of sp³-hybridized carbons (Fsp3) is 0.192. The Morgan fingerprint density at radius 1 is 1.03 bits per heavy atom. The fourth-order valence-corrected chi connectivity index (χ4v) is 6.03. The van der Waals surface area contributed by atoms with Gasteiger partial charge in [-0.2, -0.15) is 0 Å². The molecule has 1 amide bonds. The molecule has 176 valence electrons. The lowest BCUT2D eigenvalue weighted by Gasteiger charge is -2.19. The van der Waals surface area contributed by atoms with Crippen LogP contribution in [-0.2, 0) is 16.4 Å². The van der Waals surface area contributed by atoms with Gasteiger partial charge in [-0.1, -0.05) is 46.3 Å². The first-order chi connectivity index (χ1) is 16.2. The van der Waals surface area contributed by atoms with E-state index in [-0.39, 0.29) is 16.8 Å². The Morgan fingerprint density at radius 2 is 1.74 bits per heavy atom. The Morgan fingerprint density at radius 3 is 2.44 bits per heavy atom. The number of aryl methyl sites for hydroxylation is 1. The van der Waals surface area contributed by atoms with Gasteiger partial charge in [0.15, 0.2) is 0 Å². The van der Waals surface area contributed by atoms with E-state index >= 15 is 0 Å². The van der Waals surface area contributed by atoms with Crippen LogP contribution in [0.25, 0.3) is 10.1 Å². The van der Waals surface area contributed by atoms with Gasteiger partial charge >= 0.3 is 0 Å². The summed E-state index contributed by atoms with van der Waals surface area (Å²) in [5.41, 5.74) is 1.79. The molecule has 3 aromatic carbocycles. The summed E-state index contributed by atoms with van der Waals surface area (Å²) in [6, 6.07) is 24.0. The largest absolute Gasteiger partial charge is 0.349 e. The van der Waals surface area contributed by atoms with Crippen LogP contribution in [-0.4, -0.2) is 27.4 Å². The maximum Gasteiger partial charge on any atom is 0.264 e. The molecule has 0 saturated heterocycles. The number of nitrogens with zero attached hydrogens (tertiary/aromatic N) is 1. The van der Waals surface area contributed by atoms with E-state index in [1.807, 2.05) is 37.3 Å². The maximum atomic E-state index is 13.0. The molecule has 34 heavy (non-hydrogen) atoms. The van der Waals surface area contributed by atoms with Gasteiger partial charge in [-0.05, 0) is 79.2 Å². The summed E-state index contributed by atoms with van der Waals surface area (Å²) in [5, 5.41) is 3.91. The molecule has 4 aromatic rings. The van der Waals surface area contributed by atoms with Crippen molar-refractivity contribution < 1.29 is 13.2 Å². The second-order valence-electron chi connectivity index (χ2n) is 8.16. The van der Waals surface area contributed by atoms with E-state index in [4.69, 9.17) is 0 Å². The minimum absolute atomic E-state index is 0.0377. The van der Waals surface area contributed by atoms with Crippen LogP contribution in [0.5, 0.6) is 0 Å². The van der Waals surface area contributed by atoms with E-state index < -0.39 is 10.0 Å². The highest BCUT2D eigenvalue weighted by atomic mass is 79.9. The number of thiophene rings is 1. The molecule has 0 aliphatic rings. The van der Waals surface area contributed by atoms with Gasteiger partial charge in [0.25, 0.3) is 15.9 Å². The Labute approximate surface area is 212 Å². The summed E-state index contributed by atoms with van der Waals surface area (Å²) < 4.78 is 29.1. The van der Waals surface area contributed by atoms with Gasteiger partial charge in [0.2, 0.25) is 0 Å². The predicted octanol–water partition coefficient (Wildman–Crippen LogP) is 6.24. The van der Waals surface area contributed by atoms with Crippen LogP contribution in [0.15, 0.2) is 88.2 Å². The third-order valence-electron chi connectivity index (χ3n) is 5.65. The number of carbonyl (C=O) groups excluding carboxylic acids is 1. The Balaban J connectivity index is 1.47. The smallest absolute Gasteiger partial charge is 0.264 e. The summed E-state index contributed by atoms with van der Waals surface area (Å²) in [6.45, 7) is 2.01. The third kappa shape index (κ3) is 5.51. The Kier molecular flexibility index (Phi) is 7.40. The van der Waals surface area contributed by atoms with Gasteiger partial charge in [-0.15, -0.1) is 11.3 Å². The summed E-state index contributed by atoms with van der Waals surface area (Å²) in [7, 11) is -2.16. The molecule has 0 aliphatic carbocycles. The van der Waals surface area contributed by atoms with Crippen molar-refractivity contribution in [1.29, 1.82) is 0 Å². The van der Waals surface area contributed by atoms with E-state index in [0.717, 1.165) is 27.4 Å². The number of sulfonamides is 1. The fourth-order valence-electron chi connectivity index (χ4n) is 3.64. The molecule has 0 unspecified atom stereocenters. The molecule has 5 nitrogen and oxygen atoms in total. The molecule has 0 bridgehead atoms. The van der Waals surface area contributed by atoms with Crippen molar-refractivity contribution >= 4 is 59.0 Å². The molecule has 1 N–H and O–H groups in total. The van der Waals surface area contributed by atoms with Crippen molar-refractivity contribution in [3.63, 3.8) is 0 Å². The standard InChI is InChI=1S/C26H25BrN2O3S2/c1-18(8-9-19-6-4-3-5-7-19)28-26(30)25-17-20-16-22(12-15-24(20)33-25)29(2)34(31,32)23-13-10-21(27)11-14-23/h3-7,10-18H,8-9H2,1-2H3,(H,28,30)/t18-/m1/s1. The zero-order valence-electron chi connectivity index (χ0n) is 18.9. The predicted molar refractivity (Wildman–Crippen MR) is 143 cm³/mol. The highest BCUT2D eigenvalue weighted by molar-refractivity contribution is 9.10. The van der Waals surface area contributed by atoms with Gasteiger partial charge in [0.1, 0.15) is 0 Å². The van der Waals surface area contributed by atoms with Gasteiger partial charge < -0.3 is 5.32 Å². The minimum Gasteiger partial charge on any atom is -0.349 e. The zero-order valence-corrected chi connectivity index (χ0v) is 22.1. The molecule has 4 rings (SSSR count). The van der Waals surface area contributed by atoms with Crippen LogP contribution in [0.2, 0.25) is 0 Å². The van der Waals surface area contributed by atoms with E-state index in [1.54, 1.807) is 36.4 Å². The summed E-state index contributed by atoms with van der Waals surface area (Å²) in [6.07, 6.45) is 1.75. The zero-order chi connectivity index (χ0) is 24.3. The highest BCUT2D eigenvalue weighted by Gasteiger charge is 2.22. The van der Waals surface area contributed by atoms with E-state index in [0.29, 0.717) is 10.6 Å².